The number of rotatable bonds is 18. The van der Waals surface area contributed by atoms with Crippen molar-refractivity contribution in [3.8, 4) is 0 Å². The quantitative estimate of drug-likeness (QED) is 0.0580. The molecule has 9 saturated heterocycles. The first-order valence-electron chi connectivity index (χ1n) is 38.6. The summed E-state index contributed by atoms with van der Waals surface area (Å²) in [5.41, 5.74) is 4.51. The van der Waals surface area contributed by atoms with Gasteiger partial charge in [-0.05, 0) is 46.5 Å². The van der Waals surface area contributed by atoms with Crippen LogP contribution in [0.15, 0.2) is 129 Å². The highest BCUT2D eigenvalue weighted by Crippen LogP contribution is 2.50. The van der Waals surface area contributed by atoms with E-state index in [-0.39, 0.29) is 54.8 Å². The third-order valence-corrected chi connectivity index (χ3v) is 21.6. The zero-order valence-electron chi connectivity index (χ0n) is 63.6. The smallest absolute Gasteiger partial charge is 0.320 e. The van der Waals surface area contributed by atoms with Crippen LogP contribution in [0, 0.1) is 17.8 Å². The van der Waals surface area contributed by atoms with Crippen LogP contribution in [-0.2, 0) is 71.4 Å². The van der Waals surface area contributed by atoms with Crippen molar-refractivity contribution in [2.45, 2.75) is 139 Å². The van der Waals surface area contributed by atoms with Gasteiger partial charge in [-0.2, -0.15) is 0 Å². The summed E-state index contributed by atoms with van der Waals surface area (Å²) in [6.07, 6.45) is -1.80. The molecule has 9 N–H and O–H groups in total. The molecule has 0 bridgehead atoms. The van der Waals surface area contributed by atoms with Gasteiger partial charge in [0.1, 0.15) is 55.6 Å². The van der Waals surface area contributed by atoms with Gasteiger partial charge in [-0.3, -0.25) is 58.4 Å². The van der Waals surface area contributed by atoms with Crippen LogP contribution in [0.1, 0.15) is 101 Å². The van der Waals surface area contributed by atoms with Gasteiger partial charge in [0.05, 0.1) is 36.7 Å². The summed E-state index contributed by atoms with van der Waals surface area (Å²) in [7, 11) is 0. The van der Waals surface area contributed by atoms with E-state index in [1.165, 1.54) is 47.8 Å². The Hall–Kier alpha value is -12.4. The number of imidazole rings is 3. The molecule has 16 atom stereocenters. The molecule has 6 aromatic heterocycles. The first-order chi connectivity index (χ1) is 57.3. The molecular weight excluding hydrogens is 1540 g/mol. The molecule has 0 saturated carbocycles. The van der Waals surface area contributed by atoms with Gasteiger partial charge in [-0.25, -0.2) is 59.2 Å². The number of hydrogen-bond acceptors (Lipinski definition) is 27. The summed E-state index contributed by atoms with van der Waals surface area (Å²) >= 11 is 0. The summed E-state index contributed by atoms with van der Waals surface area (Å²) in [4.78, 5) is 155. The lowest BCUT2D eigenvalue weighted by Gasteiger charge is -2.38. The largest absolute Gasteiger partial charge is 0.481 e. The summed E-state index contributed by atoms with van der Waals surface area (Å²) < 4.78 is 61.4. The highest BCUT2D eigenvalue weighted by Gasteiger charge is 2.61. The highest BCUT2D eigenvalue weighted by atomic mass is 16.8. The molecule has 9 amide bonds. The molecule has 9 fully saturated rings. The fourth-order valence-corrected chi connectivity index (χ4v) is 15.7. The van der Waals surface area contributed by atoms with Gasteiger partial charge < -0.3 is 88.6 Å². The van der Waals surface area contributed by atoms with Gasteiger partial charge in [-0.1, -0.05) is 91.0 Å². The number of amides is 9. The van der Waals surface area contributed by atoms with Crippen LogP contribution >= 0.6 is 0 Å². The van der Waals surface area contributed by atoms with Crippen molar-refractivity contribution < 1.29 is 101 Å². The van der Waals surface area contributed by atoms with Crippen molar-refractivity contribution in [1.82, 2.24) is 89.2 Å². The lowest BCUT2D eigenvalue weighted by atomic mass is 9.96. The van der Waals surface area contributed by atoms with E-state index in [0.717, 1.165) is 16.7 Å². The van der Waals surface area contributed by atoms with Crippen LogP contribution in [0.3, 0.4) is 0 Å². The van der Waals surface area contributed by atoms with E-state index in [1.807, 2.05) is 91.0 Å². The minimum Gasteiger partial charge on any atom is -0.481 e. The van der Waals surface area contributed by atoms with Crippen molar-refractivity contribution in [2.24, 2.45) is 17.8 Å². The fraction of sp³-hybridized carbons (Fsp3) is 0.447. The topological polar surface area (TPSA) is 510 Å². The second kappa shape index (κ2) is 34.4. The van der Waals surface area contributed by atoms with Gasteiger partial charge in [0, 0.05) is 75.6 Å². The van der Waals surface area contributed by atoms with Gasteiger partial charge in [0.15, 0.2) is 107 Å². The van der Waals surface area contributed by atoms with E-state index in [1.54, 1.807) is 39.4 Å². The molecule has 12 unspecified atom stereocenters. The van der Waals surface area contributed by atoms with Crippen LogP contribution in [0.2, 0.25) is 0 Å². The second-order valence-electron chi connectivity index (χ2n) is 28.9. The number of nitrogens with zero attached hydrogens (tertiary/aromatic N) is 15. The number of likely N-dealkylation sites (tertiary alicyclic amines) is 3. The zero-order chi connectivity index (χ0) is 82.0. The zero-order valence-corrected chi connectivity index (χ0v) is 63.6. The van der Waals surface area contributed by atoms with E-state index in [2.05, 4.69) is 76.8 Å². The number of nitrogens with one attached hydrogen (secondary N) is 6. The SMILES string of the molecule is CCNC(=O)Nc1ncnc2c1ncn2C1OC(C(=O)N2CC(C(=O)O)C2)C2O[C@H](c3ccccc3)OC21.CCNC(=O)Nc1ncnc2c1ncn2C1OC(C(=O)N2CCC(C(=O)O)CC2)C2O[C@H](c3ccccc3)OC21.CCNC(=O)Nc1ncnc2c1ncn2C1OC(C(=O)N2CCC[C@@H](C(=O)O)C2)C2O[C@H](c3ccccc3)OC21. The van der Waals surface area contributed by atoms with E-state index in [4.69, 9.17) is 42.6 Å². The number of aromatic nitrogens is 12. The summed E-state index contributed by atoms with van der Waals surface area (Å²) in [5.74, 6) is -4.75. The highest BCUT2D eigenvalue weighted by molar-refractivity contribution is 5.98. The second-order valence-corrected chi connectivity index (χ2v) is 28.9. The number of piperidine rings is 2. The third-order valence-electron chi connectivity index (χ3n) is 21.6. The molecular formula is C76H83N21O21. The number of aliphatic carboxylic acids is 3. The number of carbonyl (C=O) groups excluding carboxylic acids is 6. The Bertz CT molecular complexity index is 5210. The standard InChI is InChI=1S/2C26H29N7O7.C24H25N7O7/c1-2-27-26(37)31-20-16-21(29-12-28-20)33(13-30-16)23-19-17(39-25(40-19)14-7-4-3-5-8-14)18(38-23)22(34)32-10-6-9-15(11-32)24(35)36;1-2-27-26(37)31-20-16-21(29-12-28-20)33(13-30-16)23-19-17(39-25(40-19)15-6-4-3-5-7-15)18(38-23)22(34)32-10-8-14(9-11-32)24(35)36;1-2-25-24(35)29-18-14-19(27-10-26-18)31(11-28-14)21-17-15(37-23(38-17)12-6-4-3-5-7-12)16(36-21)20(32)30-8-13(9-30)22(33)34/h3-5,7-8,12-13,15,17-19,23,25H,2,6,9-11H2,1H3,(H,35,36)(H2,27,28,29,31,37);3-7,12-14,17-19,23,25H,2,8-11H2,1H3,(H,35,36)(H2,27,28,29,31,37);3-7,10-11,13,15-17,21,23H,2,8-9H2,1H3,(H,33,34)(H2,25,26,27,29,35)/t15-,17?,18?,19?,23?,25+;17?,18?,19?,23?,25-;15?,16?,17?,21?,23-/m100/s1. The van der Waals surface area contributed by atoms with Crippen molar-refractivity contribution in [3.05, 3.63) is 146 Å². The number of carboxylic acids is 3. The van der Waals surface area contributed by atoms with E-state index in [9.17, 15) is 58.5 Å². The molecule has 9 aromatic rings. The first-order valence-corrected chi connectivity index (χ1v) is 38.6. The van der Waals surface area contributed by atoms with Crippen molar-refractivity contribution >= 4 is 105 Å². The predicted octanol–water partition coefficient (Wildman–Crippen LogP) is 4.23. The minimum atomic E-state index is -1.04. The summed E-state index contributed by atoms with van der Waals surface area (Å²) in [6.45, 7) is 8.10. The number of ether oxygens (including phenoxy) is 9. The Morgan fingerprint density at radius 2 is 0.686 bits per heavy atom. The first kappa shape index (κ1) is 79.4. The Morgan fingerprint density at radius 3 is 1.03 bits per heavy atom. The lowest BCUT2D eigenvalue weighted by molar-refractivity contribution is -0.175. The number of fused-ring (bicyclic) bond motifs is 6. The molecule has 18 rings (SSSR count). The Morgan fingerprint density at radius 1 is 0.364 bits per heavy atom. The summed E-state index contributed by atoms with van der Waals surface area (Å²) in [5, 5.41) is 44.0. The van der Waals surface area contributed by atoms with Crippen molar-refractivity contribution in [3.63, 3.8) is 0 Å². The molecule has 42 nitrogen and oxygen atoms in total. The molecule has 618 valence electrons. The molecule has 3 aromatic carbocycles. The maximum absolute atomic E-state index is 13.7. The molecule has 118 heavy (non-hydrogen) atoms. The molecule has 42 heteroatoms. The van der Waals surface area contributed by atoms with Crippen molar-refractivity contribution in [2.75, 3.05) is 74.9 Å². The molecule has 0 spiro atoms. The number of hydrogen-bond donors (Lipinski definition) is 9. The number of urea groups is 3. The molecule has 0 radical (unpaired) electrons. The molecule has 9 aliphatic heterocycles. The summed E-state index contributed by atoms with van der Waals surface area (Å²) in [6, 6.07) is 26.8. The Kier molecular flexibility index (Phi) is 23.2. The fourth-order valence-electron chi connectivity index (χ4n) is 15.7. The third kappa shape index (κ3) is 15.9. The number of anilines is 3. The monoisotopic (exact) mass is 1630 g/mol. The predicted molar refractivity (Wildman–Crippen MR) is 404 cm³/mol. The molecule has 0 aliphatic carbocycles. The van der Waals surface area contributed by atoms with Crippen LogP contribution in [0.25, 0.3) is 33.5 Å². The van der Waals surface area contributed by atoms with Gasteiger partial charge >= 0.3 is 36.0 Å². The maximum atomic E-state index is 13.7. The van der Waals surface area contributed by atoms with Gasteiger partial charge in [0.2, 0.25) is 0 Å². The van der Waals surface area contributed by atoms with Crippen LogP contribution in [-0.4, -0.2) is 256 Å². The van der Waals surface area contributed by atoms with E-state index >= 15 is 0 Å². The van der Waals surface area contributed by atoms with E-state index < -0.39 is 146 Å². The van der Waals surface area contributed by atoms with E-state index in [0.29, 0.717) is 98.4 Å². The lowest BCUT2D eigenvalue weighted by Crippen LogP contribution is -2.57. The Balaban J connectivity index is 0.000000132. The van der Waals surface area contributed by atoms with Gasteiger partial charge in [-0.15, -0.1) is 0 Å². The average molecular weight is 1630 g/mol. The van der Waals surface area contributed by atoms with Crippen LogP contribution in [0.5, 0.6) is 0 Å². The molecule has 9 aliphatic rings. The van der Waals surface area contributed by atoms with Gasteiger partial charge in [0.25, 0.3) is 17.7 Å². The normalized spacial score (nSPS) is 27.0. The number of carbonyl (C=O) groups is 9. The number of carboxylic acid groups (broad SMARTS) is 3. The van der Waals surface area contributed by atoms with Crippen LogP contribution < -0.4 is 31.9 Å². The number of benzene rings is 3. The maximum Gasteiger partial charge on any atom is 0.320 e. The minimum absolute atomic E-state index is 0.106. The average Bonchev–Trinajstić information content (AvgIpc) is 1.59. The Labute approximate surface area is 669 Å². The van der Waals surface area contributed by atoms with Crippen molar-refractivity contribution in [1.29, 1.82) is 0 Å². The molecule has 15 heterocycles. The van der Waals surface area contributed by atoms with Crippen LogP contribution in [0.4, 0.5) is 31.8 Å².